The summed E-state index contributed by atoms with van der Waals surface area (Å²) in [5.74, 6) is 0. The van der Waals surface area contributed by atoms with Crippen molar-refractivity contribution in [1.29, 1.82) is 0 Å². The van der Waals surface area contributed by atoms with E-state index in [4.69, 9.17) is 5.73 Å². The van der Waals surface area contributed by atoms with E-state index in [0.717, 1.165) is 19.4 Å². The molecule has 0 bridgehead atoms. The fraction of sp³-hybridized carbons (Fsp3) is 0.714. The zero-order valence-electron chi connectivity index (χ0n) is 11.4. The van der Waals surface area contributed by atoms with Gasteiger partial charge in [0.2, 0.25) is 0 Å². The Morgan fingerprint density at radius 1 is 1.47 bits per heavy atom. The highest BCUT2D eigenvalue weighted by Crippen LogP contribution is 2.14. The molecule has 0 saturated carbocycles. The lowest BCUT2D eigenvalue weighted by atomic mass is 10.1. The molecule has 1 aromatic rings. The molecule has 0 aliphatic carbocycles. The van der Waals surface area contributed by atoms with E-state index in [1.807, 2.05) is 11.3 Å². The standard InChI is InChI=1S/C14H26N2S/c1-4-5-7-13(15)11-16(3)12(2)10-14-8-6-9-17-14/h6,8-9,12-13H,4-5,7,10-11,15H2,1-3H3/t12?,13-/m0/s1. The summed E-state index contributed by atoms with van der Waals surface area (Å²) < 4.78 is 0. The van der Waals surface area contributed by atoms with Crippen molar-refractivity contribution in [2.45, 2.75) is 51.6 Å². The zero-order chi connectivity index (χ0) is 12.7. The first-order valence-corrected chi connectivity index (χ1v) is 7.49. The van der Waals surface area contributed by atoms with Crippen molar-refractivity contribution < 1.29 is 0 Å². The van der Waals surface area contributed by atoms with Gasteiger partial charge in [-0.05, 0) is 38.3 Å². The van der Waals surface area contributed by atoms with Crippen LogP contribution in [0, 0.1) is 0 Å². The second-order valence-corrected chi connectivity index (χ2v) is 6.01. The maximum absolute atomic E-state index is 6.13. The van der Waals surface area contributed by atoms with Gasteiger partial charge in [-0.25, -0.2) is 0 Å². The molecule has 0 spiro atoms. The van der Waals surface area contributed by atoms with E-state index >= 15 is 0 Å². The van der Waals surface area contributed by atoms with Crippen molar-refractivity contribution in [2.75, 3.05) is 13.6 Å². The lowest BCUT2D eigenvalue weighted by Crippen LogP contribution is -2.40. The Labute approximate surface area is 110 Å². The third-order valence-electron chi connectivity index (χ3n) is 3.28. The van der Waals surface area contributed by atoms with E-state index in [9.17, 15) is 0 Å². The van der Waals surface area contributed by atoms with Crippen LogP contribution in [0.25, 0.3) is 0 Å². The zero-order valence-corrected chi connectivity index (χ0v) is 12.2. The predicted octanol–water partition coefficient (Wildman–Crippen LogP) is 3.13. The van der Waals surface area contributed by atoms with Crippen LogP contribution >= 0.6 is 11.3 Å². The molecule has 0 aromatic carbocycles. The smallest absolute Gasteiger partial charge is 0.0167 e. The first kappa shape index (κ1) is 14.7. The van der Waals surface area contributed by atoms with Crippen LogP contribution in [0.3, 0.4) is 0 Å². The molecule has 1 rings (SSSR count). The molecule has 98 valence electrons. The molecule has 0 aliphatic heterocycles. The molecule has 1 unspecified atom stereocenters. The minimum Gasteiger partial charge on any atom is -0.327 e. The van der Waals surface area contributed by atoms with E-state index in [-0.39, 0.29) is 0 Å². The highest BCUT2D eigenvalue weighted by Gasteiger charge is 2.13. The third-order valence-corrected chi connectivity index (χ3v) is 4.18. The van der Waals surface area contributed by atoms with Gasteiger partial charge in [0.15, 0.2) is 0 Å². The fourth-order valence-electron chi connectivity index (χ4n) is 1.98. The van der Waals surface area contributed by atoms with Crippen LogP contribution in [0.15, 0.2) is 17.5 Å². The summed E-state index contributed by atoms with van der Waals surface area (Å²) in [6, 6.07) is 5.23. The number of nitrogens with two attached hydrogens (primary N) is 1. The number of rotatable bonds is 8. The number of likely N-dealkylation sites (N-methyl/N-ethyl adjacent to an activating group) is 1. The Bertz CT molecular complexity index is 284. The van der Waals surface area contributed by atoms with E-state index in [2.05, 4.69) is 43.3 Å². The number of unbranched alkanes of at least 4 members (excludes halogenated alkanes) is 1. The van der Waals surface area contributed by atoms with Gasteiger partial charge in [-0.2, -0.15) is 0 Å². The summed E-state index contributed by atoms with van der Waals surface area (Å²) in [5, 5.41) is 2.15. The van der Waals surface area contributed by atoms with Crippen molar-refractivity contribution in [3.05, 3.63) is 22.4 Å². The quantitative estimate of drug-likeness (QED) is 0.772. The van der Waals surface area contributed by atoms with E-state index < -0.39 is 0 Å². The van der Waals surface area contributed by atoms with Crippen molar-refractivity contribution >= 4 is 11.3 Å². The van der Waals surface area contributed by atoms with Gasteiger partial charge in [-0.15, -0.1) is 11.3 Å². The van der Waals surface area contributed by atoms with Crippen LogP contribution in [-0.4, -0.2) is 30.6 Å². The highest BCUT2D eigenvalue weighted by atomic mass is 32.1. The molecular formula is C14H26N2S. The summed E-state index contributed by atoms with van der Waals surface area (Å²) in [4.78, 5) is 3.85. The topological polar surface area (TPSA) is 29.3 Å². The number of hydrogen-bond acceptors (Lipinski definition) is 3. The Balaban J connectivity index is 2.28. The van der Waals surface area contributed by atoms with E-state index in [0.29, 0.717) is 12.1 Å². The van der Waals surface area contributed by atoms with E-state index in [1.165, 1.54) is 17.7 Å². The summed E-state index contributed by atoms with van der Waals surface area (Å²) in [7, 11) is 2.18. The highest BCUT2D eigenvalue weighted by molar-refractivity contribution is 7.09. The van der Waals surface area contributed by atoms with Gasteiger partial charge in [0.1, 0.15) is 0 Å². The normalized spacial score (nSPS) is 15.1. The summed E-state index contributed by atoms with van der Waals surface area (Å²) >= 11 is 1.84. The second-order valence-electron chi connectivity index (χ2n) is 4.97. The molecule has 2 nitrogen and oxygen atoms in total. The SMILES string of the molecule is CCCC[C@H](N)CN(C)C(C)Cc1cccs1. The minimum absolute atomic E-state index is 0.325. The third kappa shape index (κ3) is 5.66. The molecule has 1 aromatic heterocycles. The summed E-state index contributed by atoms with van der Waals surface area (Å²) in [6.07, 6.45) is 4.76. The average Bonchev–Trinajstić information content (AvgIpc) is 2.78. The van der Waals surface area contributed by atoms with Crippen LogP contribution in [0.5, 0.6) is 0 Å². The second kappa shape index (κ2) is 7.85. The molecule has 0 fully saturated rings. The van der Waals surface area contributed by atoms with Crippen LogP contribution in [0.2, 0.25) is 0 Å². The van der Waals surface area contributed by atoms with Gasteiger partial charge >= 0.3 is 0 Å². The van der Waals surface area contributed by atoms with Crippen molar-refractivity contribution in [3.63, 3.8) is 0 Å². The van der Waals surface area contributed by atoms with Crippen LogP contribution in [0.1, 0.15) is 38.0 Å². The Morgan fingerprint density at radius 2 is 2.24 bits per heavy atom. The molecule has 17 heavy (non-hydrogen) atoms. The molecule has 0 aliphatic rings. The van der Waals surface area contributed by atoms with Crippen LogP contribution in [-0.2, 0) is 6.42 Å². The Morgan fingerprint density at radius 3 is 2.82 bits per heavy atom. The van der Waals surface area contributed by atoms with Gasteiger partial charge < -0.3 is 10.6 Å². The van der Waals surface area contributed by atoms with Gasteiger partial charge in [0.25, 0.3) is 0 Å². The molecule has 3 heteroatoms. The first-order valence-electron chi connectivity index (χ1n) is 6.61. The van der Waals surface area contributed by atoms with Crippen molar-refractivity contribution in [3.8, 4) is 0 Å². The number of nitrogens with zero attached hydrogens (tertiary/aromatic N) is 1. The van der Waals surface area contributed by atoms with Gasteiger partial charge in [-0.1, -0.05) is 25.8 Å². The number of thiophene rings is 1. The Hall–Kier alpha value is -0.380. The van der Waals surface area contributed by atoms with E-state index in [1.54, 1.807) is 0 Å². The predicted molar refractivity (Wildman–Crippen MR) is 77.6 cm³/mol. The van der Waals surface area contributed by atoms with Gasteiger partial charge in [0.05, 0.1) is 0 Å². The van der Waals surface area contributed by atoms with Crippen LogP contribution < -0.4 is 5.73 Å². The molecule has 0 radical (unpaired) electrons. The minimum atomic E-state index is 0.325. The maximum Gasteiger partial charge on any atom is 0.0167 e. The maximum atomic E-state index is 6.13. The first-order chi connectivity index (χ1) is 8.13. The van der Waals surface area contributed by atoms with Gasteiger partial charge in [0, 0.05) is 23.5 Å². The largest absolute Gasteiger partial charge is 0.327 e. The number of hydrogen-bond donors (Lipinski definition) is 1. The van der Waals surface area contributed by atoms with Crippen molar-refractivity contribution in [2.24, 2.45) is 5.73 Å². The lowest BCUT2D eigenvalue weighted by Gasteiger charge is -2.27. The summed E-state index contributed by atoms with van der Waals surface area (Å²) in [6.45, 7) is 5.51. The molecule has 0 saturated heterocycles. The molecule has 2 atom stereocenters. The molecular weight excluding hydrogens is 228 g/mol. The van der Waals surface area contributed by atoms with Gasteiger partial charge in [-0.3, -0.25) is 0 Å². The molecule has 1 heterocycles. The Kier molecular flexibility index (Phi) is 6.78. The average molecular weight is 254 g/mol. The monoisotopic (exact) mass is 254 g/mol. The molecule has 2 N–H and O–H groups in total. The molecule has 0 amide bonds. The van der Waals surface area contributed by atoms with Crippen molar-refractivity contribution in [1.82, 2.24) is 4.90 Å². The fourth-order valence-corrected chi connectivity index (χ4v) is 2.81. The lowest BCUT2D eigenvalue weighted by molar-refractivity contribution is 0.237. The summed E-state index contributed by atoms with van der Waals surface area (Å²) in [5.41, 5.74) is 6.13. The van der Waals surface area contributed by atoms with Crippen LogP contribution in [0.4, 0.5) is 0 Å².